The van der Waals surface area contributed by atoms with Gasteiger partial charge in [0.15, 0.2) is 12.4 Å². The molecule has 0 spiro atoms. The number of ether oxygens (including phenoxy) is 1. The van der Waals surface area contributed by atoms with Crippen LogP contribution in [-0.2, 0) is 11.2 Å². The molecule has 2 aromatic rings. The lowest BCUT2D eigenvalue weighted by atomic mass is 10.1. The number of hydrogen-bond donors (Lipinski definition) is 1. The van der Waals surface area contributed by atoms with Crippen LogP contribution in [0.4, 0.5) is 11.5 Å². The van der Waals surface area contributed by atoms with Gasteiger partial charge in [-0.3, -0.25) is 4.79 Å². The van der Waals surface area contributed by atoms with E-state index in [1.807, 2.05) is 24.3 Å². The average molecular weight is 350 g/mol. The minimum absolute atomic E-state index is 0.0774. The zero-order valence-corrected chi connectivity index (χ0v) is 14.6. The van der Waals surface area contributed by atoms with E-state index < -0.39 is 0 Å². The first-order valence-electron chi connectivity index (χ1n) is 8.85. The number of nitriles is 1. The van der Waals surface area contributed by atoms with Gasteiger partial charge in [-0.2, -0.15) is 5.26 Å². The second-order valence-corrected chi connectivity index (χ2v) is 6.24. The van der Waals surface area contributed by atoms with E-state index in [0.717, 1.165) is 37.3 Å². The van der Waals surface area contributed by atoms with Crippen LogP contribution in [0.15, 0.2) is 42.6 Å². The van der Waals surface area contributed by atoms with E-state index in [-0.39, 0.29) is 12.5 Å². The molecule has 1 fully saturated rings. The lowest BCUT2D eigenvalue weighted by Crippen LogP contribution is -2.31. The first kappa shape index (κ1) is 17.7. The number of piperidine rings is 1. The Morgan fingerprint density at radius 1 is 1.19 bits per heavy atom. The summed E-state index contributed by atoms with van der Waals surface area (Å²) >= 11 is 0. The van der Waals surface area contributed by atoms with Crippen molar-refractivity contribution in [2.75, 3.05) is 29.9 Å². The summed E-state index contributed by atoms with van der Waals surface area (Å²) in [4.78, 5) is 18.9. The molecule has 1 N–H and O–H groups in total. The van der Waals surface area contributed by atoms with Crippen LogP contribution in [0.25, 0.3) is 0 Å². The molecule has 3 rings (SSSR count). The Hall–Kier alpha value is -3.07. The van der Waals surface area contributed by atoms with E-state index in [4.69, 9.17) is 10.00 Å². The van der Waals surface area contributed by atoms with Gasteiger partial charge in [-0.05, 0) is 49.1 Å². The summed E-state index contributed by atoms with van der Waals surface area (Å²) in [6.45, 7) is 1.85. The summed E-state index contributed by atoms with van der Waals surface area (Å²) in [6, 6.07) is 13.0. The second kappa shape index (κ2) is 8.86. The van der Waals surface area contributed by atoms with Crippen molar-refractivity contribution in [3.05, 3.63) is 48.2 Å². The molecule has 1 amide bonds. The number of nitrogens with one attached hydrogen (secondary N) is 1. The van der Waals surface area contributed by atoms with Gasteiger partial charge in [0.1, 0.15) is 5.75 Å². The number of aromatic nitrogens is 1. The number of amides is 1. The standard InChI is InChI=1S/C20H22N4O2/c21-11-10-16-6-8-17(9-7-16)26-15-19(25)23-18-5-4-12-22-20(18)24-13-2-1-3-14-24/h4-9,12H,1-3,10,13-15H2,(H,23,25). The number of pyridine rings is 1. The van der Waals surface area contributed by atoms with Gasteiger partial charge in [0, 0.05) is 19.3 Å². The summed E-state index contributed by atoms with van der Waals surface area (Å²) in [5.74, 6) is 1.20. The van der Waals surface area contributed by atoms with Crippen molar-refractivity contribution in [3.8, 4) is 11.8 Å². The molecule has 1 aromatic heterocycles. The maximum Gasteiger partial charge on any atom is 0.262 e. The molecule has 0 saturated carbocycles. The number of nitrogens with zero attached hydrogens (tertiary/aromatic N) is 3. The number of hydrogen-bond acceptors (Lipinski definition) is 5. The molecule has 1 aromatic carbocycles. The highest BCUT2D eigenvalue weighted by Crippen LogP contribution is 2.25. The van der Waals surface area contributed by atoms with Crippen molar-refractivity contribution < 1.29 is 9.53 Å². The van der Waals surface area contributed by atoms with Crippen LogP contribution in [-0.4, -0.2) is 30.6 Å². The summed E-state index contributed by atoms with van der Waals surface area (Å²) in [7, 11) is 0. The second-order valence-electron chi connectivity index (χ2n) is 6.24. The Morgan fingerprint density at radius 2 is 1.96 bits per heavy atom. The highest BCUT2D eigenvalue weighted by molar-refractivity contribution is 5.94. The van der Waals surface area contributed by atoms with Gasteiger partial charge in [-0.1, -0.05) is 12.1 Å². The van der Waals surface area contributed by atoms with Gasteiger partial charge in [-0.25, -0.2) is 4.98 Å². The molecule has 0 bridgehead atoms. The minimum atomic E-state index is -0.225. The first-order valence-corrected chi connectivity index (χ1v) is 8.85. The van der Waals surface area contributed by atoms with Crippen molar-refractivity contribution in [1.82, 2.24) is 4.98 Å². The minimum Gasteiger partial charge on any atom is -0.484 e. The summed E-state index contributed by atoms with van der Waals surface area (Å²) in [5.41, 5.74) is 1.64. The summed E-state index contributed by atoms with van der Waals surface area (Å²) < 4.78 is 5.53. The van der Waals surface area contributed by atoms with Gasteiger partial charge >= 0.3 is 0 Å². The maximum absolute atomic E-state index is 12.3. The Kier molecular flexibility index (Phi) is 6.05. The van der Waals surface area contributed by atoms with E-state index in [2.05, 4.69) is 21.3 Å². The van der Waals surface area contributed by atoms with Gasteiger partial charge in [0.2, 0.25) is 0 Å². The quantitative estimate of drug-likeness (QED) is 0.866. The fourth-order valence-corrected chi connectivity index (χ4v) is 2.98. The number of carbonyl (C=O) groups is 1. The molecule has 1 saturated heterocycles. The average Bonchev–Trinajstić information content (AvgIpc) is 2.69. The topological polar surface area (TPSA) is 78.2 Å². The Bertz CT molecular complexity index is 777. The number of anilines is 2. The smallest absolute Gasteiger partial charge is 0.262 e. The van der Waals surface area contributed by atoms with E-state index >= 15 is 0 Å². The van der Waals surface area contributed by atoms with Gasteiger partial charge in [0.05, 0.1) is 18.2 Å². The molecule has 1 aliphatic rings. The fourth-order valence-electron chi connectivity index (χ4n) is 2.98. The van der Waals surface area contributed by atoms with E-state index in [1.54, 1.807) is 18.3 Å². The van der Waals surface area contributed by atoms with Gasteiger partial charge < -0.3 is 15.0 Å². The summed E-state index contributed by atoms with van der Waals surface area (Å²) in [6.07, 6.45) is 5.65. The highest BCUT2D eigenvalue weighted by atomic mass is 16.5. The lowest BCUT2D eigenvalue weighted by molar-refractivity contribution is -0.118. The van der Waals surface area contributed by atoms with E-state index in [9.17, 15) is 4.79 Å². The van der Waals surface area contributed by atoms with Crippen molar-refractivity contribution >= 4 is 17.4 Å². The third-order valence-corrected chi connectivity index (χ3v) is 4.29. The highest BCUT2D eigenvalue weighted by Gasteiger charge is 2.17. The van der Waals surface area contributed by atoms with Crippen molar-refractivity contribution in [3.63, 3.8) is 0 Å². The van der Waals surface area contributed by atoms with Gasteiger partial charge in [0.25, 0.3) is 5.91 Å². The number of carbonyl (C=O) groups excluding carboxylic acids is 1. The molecule has 6 nitrogen and oxygen atoms in total. The molecule has 1 aliphatic heterocycles. The van der Waals surface area contributed by atoms with Crippen LogP contribution in [0.5, 0.6) is 5.75 Å². The predicted octanol–water partition coefficient (Wildman–Crippen LogP) is 3.16. The fraction of sp³-hybridized carbons (Fsp3) is 0.350. The first-order chi connectivity index (χ1) is 12.8. The predicted molar refractivity (Wildman–Crippen MR) is 100 cm³/mol. The summed E-state index contributed by atoms with van der Waals surface area (Å²) in [5, 5.41) is 11.6. The van der Waals surface area contributed by atoms with Crippen LogP contribution < -0.4 is 15.0 Å². The van der Waals surface area contributed by atoms with E-state index in [1.165, 1.54) is 6.42 Å². The van der Waals surface area contributed by atoms with Crippen LogP contribution in [0.2, 0.25) is 0 Å². The molecular formula is C20H22N4O2. The molecule has 0 aliphatic carbocycles. The molecule has 0 atom stereocenters. The molecule has 6 heteroatoms. The SMILES string of the molecule is N#CCc1ccc(OCC(=O)Nc2cccnc2N2CCCCC2)cc1. The van der Waals surface area contributed by atoms with Crippen LogP contribution in [0, 0.1) is 11.3 Å². The molecule has 0 radical (unpaired) electrons. The maximum atomic E-state index is 12.3. The van der Waals surface area contributed by atoms with Crippen molar-refractivity contribution in [2.45, 2.75) is 25.7 Å². The Morgan fingerprint density at radius 3 is 2.69 bits per heavy atom. The molecular weight excluding hydrogens is 328 g/mol. The third kappa shape index (κ3) is 4.73. The number of rotatable bonds is 6. The Balaban J connectivity index is 1.57. The largest absolute Gasteiger partial charge is 0.484 e. The number of benzene rings is 1. The third-order valence-electron chi connectivity index (χ3n) is 4.29. The molecule has 26 heavy (non-hydrogen) atoms. The van der Waals surface area contributed by atoms with E-state index in [0.29, 0.717) is 17.9 Å². The molecule has 2 heterocycles. The van der Waals surface area contributed by atoms with Crippen LogP contribution in [0.1, 0.15) is 24.8 Å². The van der Waals surface area contributed by atoms with Gasteiger partial charge in [-0.15, -0.1) is 0 Å². The zero-order chi connectivity index (χ0) is 18.2. The zero-order valence-electron chi connectivity index (χ0n) is 14.6. The lowest BCUT2D eigenvalue weighted by Gasteiger charge is -2.29. The Labute approximate surface area is 153 Å². The monoisotopic (exact) mass is 350 g/mol. The van der Waals surface area contributed by atoms with Crippen LogP contribution >= 0.6 is 0 Å². The van der Waals surface area contributed by atoms with Crippen molar-refractivity contribution in [2.24, 2.45) is 0 Å². The molecule has 134 valence electrons. The van der Waals surface area contributed by atoms with Crippen LogP contribution in [0.3, 0.4) is 0 Å². The molecule has 0 unspecified atom stereocenters. The van der Waals surface area contributed by atoms with Crippen molar-refractivity contribution in [1.29, 1.82) is 5.26 Å². The normalized spacial score (nSPS) is 13.7.